The summed E-state index contributed by atoms with van der Waals surface area (Å²) in [5.41, 5.74) is 3.90. The van der Waals surface area contributed by atoms with Gasteiger partial charge in [-0.3, -0.25) is 9.59 Å². The first-order valence-electron chi connectivity index (χ1n) is 8.42. The van der Waals surface area contributed by atoms with Crippen LogP contribution in [0.15, 0.2) is 34.9 Å². The van der Waals surface area contributed by atoms with Crippen LogP contribution < -0.4 is 0 Å². The molecule has 136 valence electrons. The Balaban J connectivity index is 4.41. The maximum atomic E-state index is 11.6. The van der Waals surface area contributed by atoms with Crippen molar-refractivity contribution in [1.82, 2.24) is 0 Å². The maximum absolute atomic E-state index is 11.6. The lowest BCUT2D eigenvalue weighted by Crippen LogP contribution is -2.26. The second-order valence-corrected chi connectivity index (χ2v) is 6.29. The normalized spacial score (nSPS) is 12.1. The van der Waals surface area contributed by atoms with E-state index in [0.717, 1.165) is 31.3 Å². The summed E-state index contributed by atoms with van der Waals surface area (Å²) in [6.45, 7) is 8.40. The number of carbonyl (C=O) groups is 2. The molecule has 4 heteroatoms. The highest BCUT2D eigenvalue weighted by atomic mass is 16.5. The van der Waals surface area contributed by atoms with E-state index < -0.39 is 17.9 Å². The first-order chi connectivity index (χ1) is 11.3. The Morgan fingerprint density at radius 3 is 1.71 bits per heavy atom. The van der Waals surface area contributed by atoms with Gasteiger partial charge in [0, 0.05) is 0 Å². The van der Waals surface area contributed by atoms with Gasteiger partial charge in [0.2, 0.25) is 0 Å². The second-order valence-electron chi connectivity index (χ2n) is 6.29. The Bertz CT molecular complexity index is 478. The number of hydrogen-bond donors (Lipinski definition) is 0. The monoisotopic (exact) mass is 336 g/mol. The number of hydrogen-bond acceptors (Lipinski definition) is 4. The quantitative estimate of drug-likeness (QED) is 0.328. The van der Waals surface area contributed by atoms with Gasteiger partial charge < -0.3 is 9.47 Å². The predicted octanol–water partition coefficient (Wildman–Crippen LogP) is 4.76. The molecule has 0 amide bonds. The standard InChI is InChI=1S/C20H32O4/c1-15(2)9-7-10-16(3)11-8-12-17(4)13-14-18(19(21)23-5)20(22)24-6/h9,11,13,18H,7-8,10,12,14H2,1-6H3. The average molecular weight is 336 g/mol. The van der Waals surface area contributed by atoms with Crippen molar-refractivity contribution in [3.63, 3.8) is 0 Å². The minimum absolute atomic E-state index is 0.314. The van der Waals surface area contributed by atoms with Crippen molar-refractivity contribution in [2.45, 2.75) is 59.8 Å². The van der Waals surface area contributed by atoms with Crippen LogP contribution >= 0.6 is 0 Å². The molecular formula is C20H32O4. The highest BCUT2D eigenvalue weighted by molar-refractivity contribution is 5.94. The Labute approximate surface area is 146 Å². The summed E-state index contributed by atoms with van der Waals surface area (Å²) in [6, 6.07) is 0. The van der Waals surface area contributed by atoms with Gasteiger partial charge in [-0.25, -0.2) is 0 Å². The molecule has 0 saturated carbocycles. The van der Waals surface area contributed by atoms with E-state index in [1.807, 2.05) is 13.0 Å². The molecule has 0 rings (SSSR count). The van der Waals surface area contributed by atoms with Gasteiger partial charge in [-0.05, 0) is 59.8 Å². The number of carbonyl (C=O) groups excluding carboxylic acids is 2. The number of esters is 2. The fraction of sp³-hybridized carbons (Fsp3) is 0.600. The minimum Gasteiger partial charge on any atom is -0.468 e. The molecule has 24 heavy (non-hydrogen) atoms. The van der Waals surface area contributed by atoms with Crippen molar-refractivity contribution in [1.29, 1.82) is 0 Å². The van der Waals surface area contributed by atoms with Gasteiger partial charge in [0.15, 0.2) is 5.92 Å². The summed E-state index contributed by atoms with van der Waals surface area (Å²) in [5.74, 6) is -1.99. The van der Waals surface area contributed by atoms with E-state index in [1.54, 1.807) is 0 Å². The molecule has 0 aliphatic rings. The first kappa shape index (κ1) is 22.2. The third-order valence-corrected chi connectivity index (χ3v) is 3.80. The van der Waals surface area contributed by atoms with Gasteiger partial charge in [-0.2, -0.15) is 0 Å². The average Bonchev–Trinajstić information content (AvgIpc) is 2.53. The maximum Gasteiger partial charge on any atom is 0.320 e. The smallest absolute Gasteiger partial charge is 0.320 e. The second kappa shape index (κ2) is 12.6. The minimum atomic E-state index is -0.878. The molecule has 0 aliphatic carbocycles. The van der Waals surface area contributed by atoms with Crippen LogP contribution in [0.5, 0.6) is 0 Å². The first-order valence-corrected chi connectivity index (χ1v) is 8.42. The molecule has 0 spiro atoms. The zero-order valence-electron chi connectivity index (χ0n) is 16.0. The highest BCUT2D eigenvalue weighted by Crippen LogP contribution is 2.15. The van der Waals surface area contributed by atoms with Gasteiger partial charge in [-0.15, -0.1) is 0 Å². The van der Waals surface area contributed by atoms with E-state index in [-0.39, 0.29) is 0 Å². The number of ether oxygens (including phenoxy) is 2. The fourth-order valence-electron chi connectivity index (χ4n) is 2.23. The van der Waals surface area contributed by atoms with Crippen LogP contribution in [-0.2, 0) is 19.1 Å². The molecule has 0 fully saturated rings. The van der Waals surface area contributed by atoms with Crippen molar-refractivity contribution in [3.05, 3.63) is 34.9 Å². The zero-order chi connectivity index (χ0) is 18.5. The molecule has 0 heterocycles. The third-order valence-electron chi connectivity index (χ3n) is 3.80. The number of rotatable bonds is 10. The number of methoxy groups -OCH3 is 2. The molecule has 0 aromatic rings. The molecule has 0 aromatic carbocycles. The SMILES string of the molecule is COC(=O)C(CC=C(C)CCC=C(C)CCC=C(C)C)C(=O)OC. The molecule has 0 unspecified atom stereocenters. The topological polar surface area (TPSA) is 52.6 Å². The van der Waals surface area contributed by atoms with Crippen molar-refractivity contribution in [2.24, 2.45) is 5.92 Å². The van der Waals surface area contributed by atoms with E-state index in [0.29, 0.717) is 6.42 Å². The largest absolute Gasteiger partial charge is 0.468 e. The van der Waals surface area contributed by atoms with Gasteiger partial charge in [0.25, 0.3) is 0 Å². The molecule has 0 saturated heterocycles. The van der Waals surface area contributed by atoms with E-state index >= 15 is 0 Å². The lowest BCUT2D eigenvalue weighted by atomic mass is 10.0. The summed E-state index contributed by atoms with van der Waals surface area (Å²) < 4.78 is 9.30. The van der Waals surface area contributed by atoms with Crippen molar-refractivity contribution < 1.29 is 19.1 Å². The van der Waals surface area contributed by atoms with Crippen LogP contribution in [0, 0.1) is 5.92 Å². The lowest BCUT2D eigenvalue weighted by molar-refractivity contribution is -0.158. The molecule has 0 radical (unpaired) electrons. The molecule has 0 N–H and O–H groups in total. The van der Waals surface area contributed by atoms with Gasteiger partial charge >= 0.3 is 11.9 Å². The zero-order valence-corrected chi connectivity index (χ0v) is 16.0. The van der Waals surface area contributed by atoms with Crippen LogP contribution in [0.25, 0.3) is 0 Å². The lowest BCUT2D eigenvalue weighted by Gasteiger charge is -2.10. The van der Waals surface area contributed by atoms with Gasteiger partial charge in [0.05, 0.1) is 14.2 Å². The van der Waals surface area contributed by atoms with Gasteiger partial charge in [0.1, 0.15) is 0 Å². The van der Waals surface area contributed by atoms with Crippen molar-refractivity contribution in [3.8, 4) is 0 Å². The van der Waals surface area contributed by atoms with E-state index in [2.05, 4.69) is 42.4 Å². The molecule has 0 atom stereocenters. The summed E-state index contributed by atoms with van der Waals surface area (Å²) >= 11 is 0. The van der Waals surface area contributed by atoms with Gasteiger partial charge in [-0.1, -0.05) is 34.9 Å². The molecular weight excluding hydrogens is 304 g/mol. The Kier molecular flexibility index (Phi) is 11.6. The van der Waals surface area contributed by atoms with Crippen molar-refractivity contribution >= 4 is 11.9 Å². The molecule has 0 bridgehead atoms. The summed E-state index contributed by atoms with van der Waals surface area (Å²) in [7, 11) is 2.55. The van der Waals surface area contributed by atoms with Crippen LogP contribution in [0.4, 0.5) is 0 Å². The summed E-state index contributed by atoms with van der Waals surface area (Å²) in [6.07, 6.45) is 10.8. The Morgan fingerprint density at radius 2 is 1.25 bits per heavy atom. The van der Waals surface area contributed by atoms with E-state index in [9.17, 15) is 9.59 Å². The van der Waals surface area contributed by atoms with Crippen LogP contribution in [0.2, 0.25) is 0 Å². The Hall–Kier alpha value is -1.84. The third kappa shape index (κ3) is 10.0. The molecule has 4 nitrogen and oxygen atoms in total. The summed E-state index contributed by atoms with van der Waals surface area (Å²) in [4.78, 5) is 23.2. The Morgan fingerprint density at radius 1 is 0.792 bits per heavy atom. The van der Waals surface area contributed by atoms with E-state index in [1.165, 1.54) is 25.4 Å². The van der Waals surface area contributed by atoms with Crippen molar-refractivity contribution in [2.75, 3.05) is 14.2 Å². The summed E-state index contributed by atoms with van der Waals surface area (Å²) in [5, 5.41) is 0. The van der Waals surface area contributed by atoms with Crippen LogP contribution in [0.3, 0.4) is 0 Å². The molecule has 0 aromatic heterocycles. The fourth-order valence-corrected chi connectivity index (χ4v) is 2.23. The number of allylic oxidation sites excluding steroid dienone is 6. The molecule has 0 aliphatic heterocycles. The predicted molar refractivity (Wildman–Crippen MR) is 97.6 cm³/mol. The van der Waals surface area contributed by atoms with Crippen LogP contribution in [-0.4, -0.2) is 26.2 Å². The van der Waals surface area contributed by atoms with Crippen LogP contribution in [0.1, 0.15) is 59.8 Å². The van der Waals surface area contributed by atoms with E-state index in [4.69, 9.17) is 0 Å². The highest BCUT2D eigenvalue weighted by Gasteiger charge is 2.27.